The average Bonchev–Trinajstić information content (AvgIpc) is 3.03. The zero-order valence-corrected chi connectivity index (χ0v) is 14.1. The molecule has 0 spiro atoms. The molecule has 0 saturated carbocycles. The zero-order valence-electron chi connectivity index (χ0n) is 12.6. The lowest BCUT2D eigenvalue weighted by Gasteiger charge is -2.04. The van der Waals surface area contributed by atoms with Crippen molar-refractivity contribution in [3.8, 4) is 34.3 Å². The van der Waals surface area contributed by atoms with E-state index in [-0.39, 0.29) is 28.4 Å². The molecule has 0 fully saturated rings. The first-order valence-electron chi connectivity index (χ1n) is 6.77. The van der Waals surface area contributed by atoms with E-state index in [9.17, 15) is 15.4 Å². The summed E-state index contributed by atoms with van der Waals surface area (Å²) in [7, 11) is 0. The fraction of sp³-hybridized carbons (Fsp3) is 0.133. The van der Waals surface area contributed by atoms with Gasteiger partial charge in [-0.25, -0.2) is 0 Å². The second-order valence-electron chi connectivity index (χ2n) is 5.13. The van der Waals surface area contributed by atoms with Crippen molar-refractivity contribution >= 4 is 23.2 Å². The molecular weight excluding hydrogens is 357 g/mol. The van der Waals surface area contributed by atoms with Gasteiger partial charge in [-0.2, -0.15) is 4.98 Å². The molecule has 0 unspecified atom stereocenters. The predicted octanol–water partition coefficient (Wildman–Crippen LogP) is 3.26. The fourth-order valence-corrected chi connectivity index (χ4v) is 2.77. The number of aromatic nitrogens is 3. The Hall–Kier alpha value is -2.51. The van der Waals surface area contributed by atoms with Gasteiger partial charge in [0, 0.05) is 17.2 Å². The summed E-state index contributed by atoms with van der Waals surface area (Å²) >= 11 is 12.4. The summed E-state index contributed by atoms with van der Waals surface area (Å²) in [5.74, 6) is -0.334. The quantitative estimate of drug-likeness (QED) is 0.277. The largest absolute Gasteiger partial charge is 0.504 e. The molecule has 0 aliphatic heterocycles. The summed E-state index contributed by atoms with van der Waals surface area (Å²) < 4.78 is 5.92. The molecule has 1 aromatic carbocycles. The van der Waals surface area contributed by atoms with Crippen molar-refractivity contribution in [3.63, 3.8) is 0 Å². The SMILES string of the molecule is Cc1c(Cl)c(C)[n+](O)c(Cl)c1-c1noc(-c2ccc(O)c(O)c2)n1. The molecule has 3 aromatic rings. The van der Waals surface area contributed by atoms with Crippen LogP contribution in [0.25, 0.3) is 22.8 Å². The Bertz CT molecular complexity index is 927. The highest BCUT2D eigenvalue weighted by Gasteiger charge is 2.29. The van der Waals surface area contributed by atoms with Crippen molar-refractivity contribution in [1.82, 2.24) is 10.1 Å². The van der Waals surface area contributed by atoms with Crippen molar-refractivity contribution in [2.24, 2.45) is 0 Å². The van der Waals surface area contributed by atoms with E-state index in [0.717, 1.165) is 4.73 Å². The molecule has 0 saturated heterocycles. The number of benzene rings is 1. The fourth-order valence-electron chi connectivity index (χ4n) is 2.24. The van der Waals surface area contributed by atoms with E-state index in [2.05, 4.69) is 10.1 Å². The lowest BCUT2D eigenvalue weighted by molar-refractivity contribution is -0.906. The molecule has 24 heavy (non-hydrogen) atoms. The number of halogens is 2. The molecule has 0 bridgehead atoms. The molecule has 0 aliphatic carbocycles. The van der Waals surface area contributed by atoms with Crippen molar-refractivity contribution in [2.75, 3.05) is 0 Å². The third-order valence-corrected chi connectivity index (χ3v) is 4.51. The van der Waals surface area contributed by atoms with Gasteiger partial charge in [0.15, 0.2) is 11.5 Å². The van der Waals surface area contributed by atoms with Gasteiger partial charge in [-0.05, 0) is 42.3 Å². The summed E-state index contributed by atoms with van der Waals surface area (Å²) in [6.45, 7) is 3.34. The number of phenols is 2. The smallest absolute Gasteiger partial charge is 0.336 e. The molecule has 2 heterocycles. The first kappa shape index (κ1) is 16.4. The molecule has 0 amide bonds. The van der Waals surface area contributed by atoms with E-state index in [1.165, 1.54) is 18.2 Å². The summed E-state index contributed by atoms with van der Waals surface area (Å²) in [6, 6.07) is 4.10. The second-order valence-corrected chi connectivity index (χ2v) is 5.86. The Morgan fingerprint density at radius 3 is 2.50 bits per heavy atom. The van der Waals surface area contributed by atoms with Gasteiger partial charge >= 0.3 is 5.15 Å². The summed E-state index contributed by atoms with van der Waals surface area (Å²) in [5.41, 5.74) is 1.71. The van der Waals surface area contributed by atoms with E-state index in [4.69, 9.17) is 27.7 Å². The number of hydrogen-bond acceptors (Lipinski definition) is 6. The molecule has 0 radical (unpaired) electrons. The Morgan fingerprint density at radius 1 is 1.12 bits per heavy atom. The molecule has 124 valence electrons. The predicted molar refractivity (Wildman–Crippen MR) is 85.4 cm³/mol. The Morgan fingerprint density at radius 2 is 1.83 bits per heavy atom. The maximum absolute atomic E-state index is 10.00. The Kier molecular flexibility index (Phi) is 3.98. The molecule has 0 aliphatic rings. The van der Waals surface area contributed by atoms with Crippen molar-refractivity contribution in [2.45, 2.75) is 13.8 Å². The van der Waals surface area contributed by atoms with Crippen LogP contribution in [-0.4, -0.2) is 25.6 Å². The van der Waals surface area contributed by atoms with E-state index >= 15 is 0 Å². The van der Waals surface area contributed by atoms with Crippen LogP contribution in [0.2, 0.25) is 10.2 Å². The van der Waals surface area contributed by atoms with Gasteiger partial charge in [0.2, 0.25) is 5.82 Å². The number of phenolic OH excluding ortho intramolecular Hbond substituents is 2. The van der Waals surface area contributed by atoms with Crippen LogP contribution in [0.15, 0.2) is 22.7 Å². The number of hydrogen-bond donors (Lipinski definition) is 3. The summed E-state index contributed by atoms with van der Waals surface area (Å²) in [4.78, 5) is 4.22. The van der Waals surface area contributed by atoms with Crippen LogP contribution < -0.4 is 4.73 Å². The zero-order chi connectivity index (χ0) is 17.6. The van der Waals surface area contributed by atoms with Crippen molar-refractivity contribution in [3.05, 3.63) is 39.6 Å². The molecular formula is C15H12Cl2N3O4+. The van der Waals surface area contributed by atoms with E-state index < -0.39 is 0 Å². The molecule has 3 N–H and O–H groups in total. The molecule has 2 aromatic heterocycles. The van der Waals surface area contributed by atoms with E-state index in [0.29, 0.717) is 27.4 Å². The van der Waals surface area contributed by atoms with Crippen LogP contribution in [0, 0.1) is 13.8 Å². The molecule has 0 atom stereocenters. The number of nitrogens with zero attached hydrogens (tertiary/aromatic N) is 3. The van der Waals surface area contributed by atoms with Crippen LogP contribution in [0.5, 0.6) is 11.5 Å². The van der Waals surface area contributed by atoms with Gasteiger partial charge in [-0.15, -0.1) is 0 Å². The topological polar surface area (TPSA) is 103 Å². The van der Waals surface area contributed by atoms with Crippen LogP contribution in [-0.2, 0) is 0 Å². The van der Waals surface area contributed by atoms with Crippen molar-refractivity contribution in [1.29, 1.82) is 0 Å². The first-order valence-corrected chi connectivity index (χ1v) is 7.52. The highest BCUT2D eigenvalue weighted by atomic mass is 35.5. The standard InChI is InChI=1S/C15H11Cl2N3O4/c1-6-11(13(17)20(23)7(2)12(6)16)14-18-15(24-19-14)8-3-4-9(21)10(22)5-8/h3-5H,1-2H3,(H2-,18,19,21,22,23)/p+1. The maximum atomic E-state index is 10.00. The molecule has 7 nitrogen and oxygen atoms in total. The minimum atomic E-state index is -0.312. The highest BCUT2D eigenvalue weighted by Crippen LogP contribution is 2.35. The third kappa shape index (κ3) is 2.51. The minimum Gasteiger partial charge on any atom is -0.504 e. The maximum Gasteiger partial charge on any atom is 0.336 e. The molecule has 3 rings (SSSR count). The monoisotopic (exact) mass is 368 g/mol. The summed E-state index contributed by atoms with van der Waals surface area (Å²) in [6.07, 6.45) is 0. The number of pyridine rings is 1. The van der Waals surface area contributed by atoms with Gasteiger partial charge in [0.25, 0.3) is 11.6 Å². The lowest BCUT2D eigenvalue weighted by Crippen LogP contribution is -2.36. The second kappa shape index (κ2) is 5.85. The lowest BCUT2D eigenvalue weighted by atomic mass is 10.1. The number of rotatable bonds is 2. The van der Waals surface area contributed by atoms with E-state index in [1.54, 1.807) is 13.8 Å². The number of aromatic hydroxyl groups is 2. The van der Waals surface area contributed by atoms with Gasteiger partial charge in [-0.3, -0.25) is 5.21 Å². The average molecular weight is 369 g/mol. The third-order valence-electron chi connectivity index (χ3n) is 3.60. The Labute approximate surface area is 146 Å². The Balaban J connectivity index is 2.14. The van der Waals surface area contributed by atoms with Gasteiger partial charge in [0.1, 0.15) is 10.6 Å². The van der Waals surface area contributed by atoms with Gasteiger partial charge in [-0.1, -0.05) is 16.8 Å². The van der Waals surface area contributed by atoms with Gasteiger partial charge < -0.3 is 14.7 Å². The highest BCUT2D eigenvalue weighted by molar-refractivity contribution is 6.34. The normalized spacial score (nSPS) is 11.0. The van der Waals surface area contributed by atoms with Crippen LogP contribution >= 0.6 is 23.2 Å². The van der Waals surface area contributed by atoms with Crippen molar-refractivity contribution < 1.29 is 24.7 Å². The van der Waals surface area contributed by atoms with Crippen LogP contribution in [0.4, 0.5) is 0 Å². The van der Waals surface area contributed by atoms with Crippen LogP contribution in [0.3, 0.4) is 0 Å². The first-order chi connectivity index (χ1) is 11.3. The minimum absolute atomic E-state index is 0.00435. The van der Waals surface area contributed by atoms with Gasteiger partial charge in [0.05, 0.1) is 0 Å². The molecule has 9 heteroatoms. The summed E-state index contributed by atoms with van der Waals surface area (Å²) in [5, 5.41) is 33.1. The van der Waals surface area contributed by atoms with Crippen LogP contribution in [0.1, 0.15) is 11.3 Å². The van der Waals surface area contributed by atoms with E-state index in [1.807, 2.05) is 0 Å².